The summed E-state index contributed by atoms with van der Waals surface area (Å²) in [5.41, 5.74) is 2.37. The van der Waals surface area contributed by atoms with E-state index in [2.05, 4.69) is 70.4 Å². The quantitative estimate of drug-likeness (QED) is 0.844. The van der Waals surface area contributed by atoms with Crippen LogP contribution in [-0.2, 0) is 13.1 Å². The zero-order valence-corrected chi connectivity index (χ0v) is 12.0. The fraction of sp³-hybridized carbons (Fsp3) is 0.308. The molecule has 0 fully saturated rings. The smallest absolute Gasteiger partial charge is 0.0539 e. The molecule has 17 heavy (non-hydrogen) atoms. The van der Waals surface area contributed by atoms with Crippen LogP contribution in [0, 0.1) is 3.57 Å². The zero-order chi connectivity index (χ0) is 12.1. The van der Waals surface area contributed by atoms with Gasteiger partial charge in [0, 0.05) is 34.1 Å². The third-order valence-electron chi connectivity index (χ3n) is 2.48. The number of nitrogens with zero attached hydrogens (tertiary/aromatic N) is 2. The van der Waals surface area contributed by atoms with Gasteiger partial charge in [0.05, 0.1) is 6.20 Å². The first-order valence-electron chi connectivity index (χ1n) is 5.78. The van der Waals surface area contributed by atoms with E-state index in [0.29, 0.717) is 0 Å². The van der Waals surface area contributed by atoms with Gasteiger partial charge in [-0.15, -0.1) is 0 Å². The molecule has 4 heteroatoms. The molecular formula is C13H16IN3. The molecule has 0 saturated carbocycles. The lowest BCUT2D eigenvalue weighted by atomic mass is 10.3. The van der Waals surface area contributed by atoms with Gasteiger partial charge in [0.1, 0.15) is 0 Å². The van der Waals surface area contributed by atoms with Crippen LogP contribution in [0.15, 0.2) is 36.7 Å². The molecule has 0 aliphatic carbocycles. The molecule has 3 nitrogen and oxygen atoms in total. The summed E-state index contributed by atoms with van der Waals surface area (Å²) in [5.74, 6) is 0. The first-order valence-corrected chi connectivity index (χ1v) is 6.86. The largest absolute Gasteiger partial charge is 0.381 e. The maximum atomic E-state index is 4.31. The summed E-state index contributed by atoms with van der Waals surface area (Å²) in [5, 5.41) is 7.69. The lowest BCUT2D eigenvalue weighted by Crippen LogP contribution is -1.99. The number of rotatable bonds is 5. The Morgan fingerprint density at radius 2 is 2.06 bits per heavy atom. The van der Waals surface area contributed by atoms with E-state index < -0.39 is 0 Å². The molecule has 1 heterocycles. The van der Waals surface area contributed by atoms with E-state index in [1.165, 1.54) is 9.13 Å². The molecule has 2 aromatic rings. The number of aryl methyl sites for hydroxylation is 1. The highest BCUT2D eigenvalue weighted by atomic mass is 127. The van der Waals surface area contributed by atoms with Crippen molar-refractivity contribution in [2.45, 2.75) is 26.4 Å². The number of benzene rings is 1. The Bertz CT molecular complexity index is 462. The van der Waals surface area contributed by atoms with E-state index in [4.69, 9.17) is 0 Å². The predicted octanol–water partition coefficient (Wildman–Crippen LogP) is 3.51. The Morgan fingerprint density at radius 1 is 1.29 bits per heavy atom. The SMILES string of the molecule is CCCn1cc(CNc2ccc(I)cc2)cn1. The Hall–Kier alpha value is -1.04. The van der Waals surface area contributed by atoms with Crippen molar-refractivity contribution < 1.29 is 0 Å². The van der Waals surface area contributed by atoms with Gasteiger partial charge in [-0.25, -0.2) is 0 Å². The number of hydrogen-bond donors (Lipinski definition) is 1. The van der Waals surface area contributed by atoms with E-state index in [1.807, 2.05) is 10.9 Å². The second kappa shape index (κ2) is 6.05. The summed E-state index contributed by atoms with van der Waals surface area (Å²) >= 11 is 2.31. The summed E-state index contributed by atoms with van der Waals surface area (Å²) < 4.78 is 3.24. The molecule has 0 saturated heterocycles. The van der Waals surface area contributed by atoms with Gasteiger partial charge in [0.2, 0.25) is 0 Å². The van der Waals surface area contributed by atoms with Crippen molar-refractivity contribution in [3.63, 3.8) is 0 Å². The zero-order valence-electron chi connectivity index (χ0n) is 9.86. The molecule has 90 valence electrons. The van der Waals surface area contributed by atoms with Crippen molar-refractivity contribution in [3.05, 3.63) is 45.8 Å². The number of aromatic nitrogens is 2. The molecule has 1 aromatic heterocycles. The van der Waals surface area contributed by atoms with Crippen LogP contribution in [0.5, 0.6) is 0 Å². The van der Waals surface area contributed by atoms with E-state index in [0.717, 1.165) is 25.2 Å². The normalized spacial score (nSPS) is 10.5. The van der Waals surface area contributed by atoms with Gasteiger partial charge in [0.15, 0.2) is 0 Å². The van der Waals surface area contributed by atoms with Crippen LogP contribution in [-0.4, -0.2) is 9.78 Å². The second-order valence-electron chi connectivity index (χ2n) is 3.97. The molecule has 0 atom stereocenters. The van der Waals surface area contributed by atoms with Crippen LogP contribution < -0.4 is 5.32 Å². The van der Waals surface area contributed by atoms with E-state index in [1.54, 1.807) is 0 Å². The van der Waals surface area contributed by atoms with Crippen molar-refractivity contribution in [2.24, 2.45) is 0 Å². The number of halogens is 1. The molecule has 2 rings (SSSR count). The predicted molar refractivity (Wildman–Crippen MR) is 79.0 cm³/mol. The Morgan fingerprint density at radius 3 is 2.76 bits per heavy atom. The standard InChI is InChI=1S/C13H16IN3/c1-2-7-17-10-11(9-16-17)8-15-13-5-3-12(14)4-6-13/h3-6,9-10,15H,2,7-8H2,1H3. The molecule has 0 aliphatic heterocycles. The molecule has 1 aromatic carbocycles. The van der Waals surface area contributed by atoms with Gasteiger partial charge in [-0.1, -0.05) is 6.92 Å². The van der Waals surface area contributed by atoms with Gasteiger partial charge >= 0.3 is 0 Å². The summed E-state index contributed by atoms with van der Waals surface area (Å²) in [7, 11) is 0. The Kier molecular flexibility index (Phi) is 4.42. The highest BCUT2D eigenvalue weighted by Gasteiger charge is 1.98. The minimum absolute atomic E-state index is 0.824. The fourth-order valence-corrected chi connectivity index (χ4v) is 1.98. The summed E-state index contributed by atoms with van der Waals surface area (Å²) in [6.45, 7) is 3.97. The summed E-state index contributed by atoms with van der Waals surface area (Å²) in [4.78, 5) is 0. The molecule has 0 radical (unpaired) electrons. The molecule has 0 spiro atoms. The number of hydrogen-bond acceptors (Lipinski definition) is 2. The van der Waals surface area contributed by atoms with Crippen LogP contribution in [0.25, 0.3) is 0 Å². The molecular weight excluding hydrogens is 325 g/mol. The molecule has 0 aliphatic rings. The van der Waals surface area contributed by atoms with Crippen molar-refractivity contribution in [1.82, 2.24) is 9.78 Å². The lowest BCUT2D eigenvalue weighted by molar-refractivity contribution is 0.602. The first-order chi connectivity index (χ1) is 8.28. The second-order valence-corrected chi connectivity index (χ2v) is 5.22. The maximum absolute atomic E-state index is 4.31. The molecule has 0 unspecified atom stereocenters. The van der Waals surface area contributed by atoms with Gasteiger partial charge < -0.3 is 5.32 Å². The van der Waals surface area contributed by atoms with Gasteiger partial charge in [-0.3, -0.25) is 4.68 Å². The van der Waals surface area contributed by atoms with Gasteiger partial charge in [-0.05, 0) is 53.3 Å². The monoisotopic (exact) mass is 341 g/mol. The van der Waals surface area contributed by atoms with E-state index in [-0.39, 0.29) is 0 Å². The highest BCUT2D eigenvalue weighted by molar-refractivity contribution is 14.1. The molecule has 1 N–H and O–H groups in total. The third kappa shape index (κ3) is 3.73. The first kappa shape index (κ1) is 12.4. The Balaban J connectivity index is 1.90. The summed E-state index contributed by atoms with van der Waals surface area (Å²) in [6.07, 6.45) is 5.14. The van der Waals surface area contributed by atoms with Gasteiger partial charge in [0.25, 0.3) is 0 Å². The average Bonchev–Trinajstić information content (AvgIpc) is 2.77. The fourth-order valence-electron chi connectivity index (χ4n) is 1.62. The van der Waals surface area contributed by atoms with Crippen LogP contribution in [0.2, 0.25) is 0 Å². The van der Waals surface area contributed by atoms with Crippen LogP contribution in [0.1, 0.15) is 18.9 Å². The number of anilines is 1. The maximum Gasteiger partial charge on any atom is 0.0539 e. The minimum atomic E-state index is 0.824. The lowest BCUT2D eigenvalue weighted by Gasteiger charge is -2.04. The van der Waals surface area contributed by atoms with Crippen molar-refractivity contribution >= 4 is 28.3 Å². The van der Waals surface area contributed by atoms with Crippen LogP contribution in [0.3, 0.4) is 0 Å². The topological polar surface area (TPSA) is 29.9 Å². The number of nitrogens with one attached hydrogen (secondary N) is 1. The van der Waals surface area contributed by atoms with Crippen molar-refractivity contribution in [2.75, 3.05) is 5.32 Å². The minimum Gasteiger partial charge on any atom is -0.381 e. The highest BCUT2D eigenvalue weighted by Crippen LogP contribution is 2.12. The Labute approximate surface area is 115 Å². The molecule has 0 bridgehead atoms. The average molecular weight is 341 g/mol. The van der Waals surface area contributed by atoms with Gasteiger partial charge in [-0.2, -0.15) is 5.10 Å². The van der Waals surface area contributed by atoms with Crippen LogP contribution in [0.4, 0.5) is 5.69 Å². The van der Waals surface area contributed by atoms with Crippen molar-refractivity contribution in [1.29, 1.82) is 0 Å². The molecule has 0 amide bonds. The third-order valence-corrected chi connectivity index (χ3v) is 3.20. The summed E-state index contributed by atoms with van der Waals surface area (Å²) in [6, 6.07) is 8.39. The van der Waals surface area contributed by atoms with Crippen molar-refractivity contribution in [3.8, 4) is 0 Å². The van der Waals surface area contributed by atoms with E-state index in [9.17, 15) is 0 Å². The van der Waals surface area contributed by atoms with Crippen LogP contribution >= 0.6 is 22.6 Å². The van der Waals surface area contributed by atoms with E-state index >= 15 is 0 Å².